The molecule has 2 aromatic rings. The van der Waals surface area contributed by atoms with Crippen LogP contribution in [0.4, 0.5) is 5.82 Å². The second kappa shape index (κ2) is 6.30. The van der Waals surface area contributed by atoms with Gasteiger partial charge in [-0.2, -0.15) is 0 Å². The maximum absolute atomic E-state index is 12.2. The summed E-state index contributed by atoms with van der Waals surface area (Å²) in [6.07, 6.45) is 1.65. The minimum atomic E-state index is -0.224. The van der Waals surface area contributed by atoms with Crippen molar-refractivity contribution < 1.29 is 4.79 Å². The molecule has 0 aliphatic heterocycles. The average Bonchev–Trinajstić information content (AvgIpc) is 2.42. The number of hydrogen-bond donors (Lipinski definition) is 1. The quantitative estimate of drug-likeness (QED) is 0.855. The number of nitrogens with one attached hydrogen (secondary N) is 1. The molecule has 5 heteroatoms. The van der Waals surface area contributed by atoms with Crippen LogP contribution in [0, 0.1) is 0 Å². The van der Waals surface area contributed by atoms with E-state index in [9.17, 15) is 4.79 Å². The molecule has 0 saturated carbocycles. The normalized spacial score (nSPS) is 11.9. The first-order valence-electron chi connectivity index (χ1n) is 5.75. The Bertz CT molecular complexity index is 587. The zero-order valence-corrected chi connectivity index (χ0v) is 13.4. The monoisotopic (exact) mass is 382 g/mol. The van der Waals surface area contributed by atoms with Gasteiger partial charge in [-0.1, -0.05) is 30.3 Å². The van der Waals surface area contributed by atoms with Gasteiger partial charge in [0.1, 0.15) is 5.82 Å². The van der Waals surface area contributed by atoms with Crippen LogP contribution < -0.4 is 5.32 Å². The molecule has 0 fully saturated rings. The summed E-state index contributed by atoms with van der Waals surface area (Å²) in [5.41, 5.74) is 0.980. The molecule has 1 N–H and O–H groups in total. The van der Waals surface area contributed by atoms with Gasteiger partial charge >= 0.3 is 0 Å². The first-order valence-corrected chi connectivity index (χ1v) is 7.33. The molecule has 1 heterocycles. The molecule has 0 radical (unpaired) electrons. The smallest absolute Gasteiger partial charge is 0.232 e. The Hall–Kier alpha value is -1.20. The van der Waals surface area contributed by atoms with E-state index in [-0.39, 0.29) is 11.8 Å². The van der Waals surface area contributed by atoms with Gasteiger partial charge in [-0.3, -0.25) is 4.79 Å². The lowest BCUT2D eigenvalue weighted by Crippen LogP contribution is -2.19. The number of pyridine rings is 1. The van der Waals surface area contributed by atoms with Crippen LogP contribution in [-0.2, 0) is 4.79 Å². The van der Waals surface area contributed by atoms with Crippen molar-refractivity contribution in [1.82, 2.24) is 4.98 Å². The van der Waals surface area contributed by atoms with Crippen LogP contribution >= 0.6 is 31.9 Å². The Morgan fingerprint density at radius 3 is 2.58 bits per heavy atom. The van der Waals surface area contributed by atoms with Crippen LogP contribution in [0.1, 0.15) is 18.4 Å². The molecular weight excluding hydrogens is 372 g/mol. The summed E-state index contributed by atoms with van der Waals surface area (Å²) in [4.78, 5) is 16.3. The van der Waals surface area contributed by atoms with E-state index in [4.69, 9.17) is 0 Å². The molecule has 0 spiro atoms. The molecule has 98 valence electrons. The van der Waals surface area contributed by atoms with Crippen molar-refractivity contribution in [2.45, 2.75) is 12.8 Å². The van der Waals surface area contributed by atoms with E-state index >= 15 is 0 Å². The van der Waals surface area contributed by atoms with Crippen LogP contribution in [0.3, 0.4) is 0 Å². The van der Waals surface area contributed by atoms with Crippen LogP contribution in [0.15, 0.2) is 51.5 Å². The van der Waals surface area contributed by atoms with E-state index in [1.54, 1.807) is 6.20 Å². The summed E-state index contributed by atoms with van der Waals surface area (Å²) in [5, 5.41) is 2.82. The zero-order valence-electron chi connectivity index (χ0n) is 10.2. The van der Waals surface area contributed by atoms with Crippen molar-refractivity contribution in [2.24, 2.45) is 0 Å². The van der Waals surface area contributed by atoms with E-state index in [0.29, 0.717) is 5.82 Å². The van der Waals surface area contributed by atoms with Gasteiger partial charge in [-0.25, -0.2) is 4.98 Å². The first kappa shape index (κ1) is 14.2. The third kappa shape index (κ3) is 3.64. The van der Waals surface area contributed by atoms with Crippen molar-refractivity contribution in [2.75, 3.05) is 5.32 Å². The number of amides is 1. The predicted octanol–water partition coefficient (Wildman–Crippen LogP) is 4.35. The summed E-state index contributed by atoms with van der Waals surface area (Å²) >= 11 is 6.70. The van der Waals surface area contributed by atoms with Gasteiger partial charge < -0.3 is 5.32 Å². The average molecular weight is 384 g/mol. The number of aromatic nitrogens is 1. The summed E-state index contributed by atoms with van der Waals surface area (Å²) in [6, 6.07) is 11.5. The van der Waals surface area contributed by atoms with Gasteiger partial charge in [0, 0.05) is 10.7 Å². The maximum Gasteiger partial charge on any atom is 0.232 e. The van der Waals surface area contributed by atoms with E-state index in [1.165, 1.54) is 0 Å². The number of carbonyl (C=O) groups excluding carboxylic acids is 1. The fourth-order valence-corrected chi connectivity index (χ4v) is 2.71. The minimum Gasteiger partial charge on any atom is -0.309 e. The molecule has 1 aromatic carbocycles. The topological polar surface area (TPSA) is 42.0 Å². The Labute approximate surface area is 128 Å². The fraction of sp³-hybridized carbons (Fsp3) is 0.143. The van der Waals surface area contributed by atoms with Crippen molar-refractivity contribution in [3.63, 3.8) is 0 Å². The first-order chi connectivity index (χ1) is 9.08. The summed E-state index contributed by atoms with van der Waals surface area (Å²) < 4.78 is 1.60. The van der Waals surface area contributed by atoms with Gasteiger partial charge in [0.15, 0.2) is 0 Å². The van der Waals surface area contributed by atoms with Gasteiger partial charge in [-0.05, 0) is 50.4 Å². The molecule has 0 aliphatic rings. The van der Waals surface area contributed by atoms with Crippen molar-refractivity contribution in [3.05, 3.63) is 57.1 Å². The Kier molecular flexibility index (Phi) is 4.71. The Morgan fingerprint density at radius 2 is 1.95 bits per heavy atom. The molecule has 2 rings (SSSR count). The number of hydrogen-bond acceptors (Lipinski definition) is 2. The van der Waals surface area contributed by atoms with Crippen molar-refractivity contribution in [3.8, 4) is 0 Å². The number of halogens is 2. The van der Waals surface area contributed by atoms with Crippen molar-refractivity contribution >= 4 is 43.6 Å². The summed E-state index contributed by atoms with van der Waals surface area (Å²) in [5.74, 6) is 0.219. The highest BCUT2D eigenvalue weighted by molar-refractivity contribution is 9.11. The van der Waals surface area contributed by atoms with Crippen LogP contribution in [0.25, 0.3) is 0 Å². The predicted molar refractivity (Wildman–Crippen MR) is 83.1 cm³/mol. The highest BCUT2D eigenvalue weighted by Gasteiger charge is 2.16. The number of benzene rings is 1. The van der Waals surface area contributed by atoms with Gasteiger partial charge in [0.2, 0.25) is 5.91 Å². The number of anilines is 1. The Morgan fingerprint density at radius 1 is 1.26 bits per heavy atom. The lowest BCUT2D eigenvalue weighted by molar-refractivity contribution is -0.117. The van der Waals surface area contributed by atoms with Crippen molar-refractivity contribution in [1.29, 1.82) is 0 Å². The third-order valence-electron chi connectivity index (χ3n) is 2.74. The van der Waals surface area contributed by atoms with E-state index in [0.717, 1.165) is 14.5 Å². The molecular formula is C14H12Br2N2O. The standard InChI is InChI=1S/C14H12Br2N2O/c1-9(10-5-3-2-4-6-10)14(19)18-13-12(16)7-11(15)8-17-13/h2-9H,1H3,(H,17,18,19)/t9-/m0/s1. The van der Waals surface area contributed by atoms with Crippen LogP contribution in [-0.4, -0.2) is 10.9 Å². The third-order valence-corrected chi connectivity index (χ3v) is 3.78. The SMILES string of the molecule is C[C@H](C(=O)Nc1ncc(Br)cc1Br)c1ccccc1. The molecule has 1 amide bonds. The molecule has 19 heavy (non-hydrogen) atoms. The molecule has 0 unspecified atom stereocenters. The van der Waals surface area contributed by atoms with Crippen LogP contribution in [0.5, 0.6) is 0 Å². The molecule has 0 saturated heterocycles. The van der Waals surface area contributed by atoms with Gasteiger partial charge in [0.05, 0.1) is 10.4 Å². The minimum absolute atomic E-state index is 0.0817. The molecule has 0 aliphatic carbocycles. The highest BCUT2D eigenvalue weighted by atomic mass is 79.9. The molecule has 1 aromatic heterocycles. The summed E-state index contributed by atoms with van der Waals surface area (Å²) in [6.45, 7) is 1.87. The lowest BCUT2D eigenvalue weighted by atomic mass is 10.0. The second-order valence-corrected chi connectivity index (χ2v) is 5.88. The maximum atomic E-state index is 12.2. The Balaban J connectivity index is 2.13. The van der Waals surface area contributed by atoms with E-state index in [1.807, 2.05) is 43.3 Å². The second-order valence-electron chi connectivity index (χ2n) is 4.11. The van der Waals surface area contributed by atoms with Gasteiger partial charge in [0.25, 0.3) is 0 Å². The number of nitrogens with zero attached hydrogens (tertiary/aromatic N) is 1. The largest absolute Gasteiger partial charge is 0.309 e. The fourth-order valence-electron chi connectivity index (χ4n) is 1.62. The number of rotatable bonds is 3. The lowest BCUT2D eigenvalue weighted by Gasteiger charge is -2.12. The number of carbonyl (C=O) groups is 1. The molecule has 3 nitrogen and oxygen atoms in total. The van der Waals surface area contributed by atoms with E-state index in [2.05, 4.69) is 42.2 Å². The van der Waals surface area contributed by atoms with E-state index < -0.39 is 0 Å². The zero-order chi connectivity index (χ0) is 13.8. The van der Waals surface area contributed by atoms with Gasteiger partial charge in [-0.15, -0.1) is 0 Å². The van der Waals surface area contributed by atoms with Crippen LogP contribution in [0.2, 0.25) is 0 Å². The molecule has 1 atom stereocenters. The molecule has 0 bridgehead atoms. The summed E-state index contributed by atoms with van der Waals surface area (Å²) in [7, 11) is 0. The highest BCUT2D eigenvalue weighted by Crippen LogP contribution is 2.25.